The molecule has 1 amide bonds. The van der Waals surface area contributed by atoms with E-state index >= 15 is 0 Å². The lowest BCUT2D eigenvalue weighted by molar-refractivity contribution is -0.118. The van der Waals surface area contributed by atoms with Crippen molar-refractivity contribution < 1.29 is 13.9 Å². The van der Waals surface area contributed by atoms with E-state index < -0.39 is 0 Å². The lowest BCUT2D eigenvalue weighted by Crippen LogP contribution is -2.38. The number of aromatic nitrogens is 1. The van der Waals surface area contributed by atoms with Gasteiger partial charge in [-0.15, -0.1) is 0 Å². The van der Waals surface area contributed by atoms with Crippen LogP contribution in [0, 0.1) is 5.82 Å². The number of carbonyl (C=O) groups is 1. The lowest BCUT2D eigenvalue weighted by atomic mass is 10.1. The third kappa shape index (κ3) is 4.29. The number of benzene rings is 2. The Kier molecular flexibility index (Phi) is 5.38. The number of hydrogen-bond donors (Lipinski definition) is 0. The Morgan fingerprint density at radius 2 is 2.11 bits per heavy atom. The molecule has 3 aromatic rings. The molecule has 4 rings (SSSR count). The highest BCUT2D eigenvalue weighted by atomic mass is 35.5. The Hall–Kier alpha value is -2.02. The summed E-state index contributed by atoms with van der Waals surface area (Å²) in [7, 11) is 0. The summed E-state index contributed by atoms with van der Waals surface area (Å²) in [6.07, 6.45) is 2.12. The molecular weight excluding hydrogens is 387 g/mol. The van der Waals surface area contributed by atoms with Crippen LogP contribution in [0.4, 0.5) is 9.52 Å². The average Bonchev–Trinajstić information content (AvgIpc) is 3.30. The van der Waals surface area contributed by atoms with Crippen molar-refractivity contribution in [2.45, 2.75) is 25.4 Å². The summed E-state index contributed by atoms with van der Waals surface area (Å²) in [5.41, 5.74) is 1.58. The van der Waals surface area contributed by atoms with E-state index in [4.69, 9.17) is 16.3 Å². The molecule has 1 atom stereocenters. The summed E-state index contributed by atoms with van der Waals surface area (Å²) in [5, 5.41) is 1.27. The Bertz CT molecular complexity index is 954. The maximum absolute atomic E-state index is 13.1. The van der Waals surface area contributed by atoms with Crippen LogP contribution in [0.25, 0.3) is 10.2 Å². The topological polar surface area (TPSA) is 42.4 Å². The quantitative estimate of drug-likeness (QED) is 0.610. The summed E-state index contributed by atoms with van der Waals surface area (Å²) in [6, 6.07) is 11.5. The summed E-state index contributed by atoms with van der Waals surface area (Å²) in [4.78, 5) is 19.4. The van der Waals surface area contributed by atoms with Gasteiger partial charge in [-0.3, -0.25) is 9.69 Å². The van der Waals surface area contributed by atoms with Crippen LogP contribution < -0.4 is 4.90 Å². The van der Waals surface area contributed by atoms with Crippen molar-refractivity contribution >= 4 is 44.2 Å². The largest absolute Gasteiger partial charge is 0.376 e. The normalized spacial score (nSPS) is 16.7. The van der Waals surface area contributed by atoms with Crippen LogP contribution in [-0.2, 0) is 16.0 Å². The van der Waals surface area contributed by atoms with E-state index in [1.807, 2.05) is 12.1 Å². The first-order chi connectivity index (χ1) is 13.1. The minimum absolute atomic E-state index is 0.0118. The second kappa shape index (κ2) is 7.92. The molecule has 1 aromatic heterocycles. The van der Waals surface area contributed by atoms with Crippen LogP contribution >= 0.6 is 22.9 Å². The van der Waals surface area contributed by atoms with Crippen LogP contribution in [0.5, 0.6) is 0 Å². The number of fused-ring (bicyclic) bond motifs is 1. The van der Waals surface area contributed by atoms with E-state index in [1.54, 1.807) is 23.1 Å². The summed E-state index contributed by atoms with van der Waals surface area (Å²) in [6.45, 7) is 1.19. The zero-order valence-corrected chi connectivity index (χ0v) is 16.1. The highest BCUT2D eigenvalue weighted by molar-refractivity contribution is 7.22. The molecule has 1 aliphatic heterocycles. The fourth-order valence-corrected chi connectivity index (χ4v) is 4.42. The molecule has 0 saturated carbocycles. The number of nitrogens with zero attached hydrogens (tertiary/aromatic N) is 2. The van der Waals surface area contributed by atoms with Gasteiger partial charge in [-0.1, -0.05) is 35.1 Å². The van der Waals surface area contributed by atoms with Crippen LogP contribution in [0.15, 0.2) is 42.5 Å². The second-order valence-electron chi connectivity index (χ2n) is 6.55. The smallest absolute Gasteiger partial charge is 0.233 e. The Balaban J connectivity index is 1.62. The molecule has 7 heteroatoms. The van der Waals surface area contributed by atoms with E-state index in [0.717, 1.165) is 35.2 Å². The van der Waals surface area contributed by atoms with Crippen LogP contribution in [0.3, 0.4) is 0 Å². The van der Waals surface area contributed by atoms with Crippen LogP contribution in [0.1, 0.15) is 18.4 Å². The maximum Gasteiger partial charge on any atom is 0.233 e. The molecule has 0 bridgehead atoms. The Labute approximate surface area is 165 Å². The van der Waals surface area contributed by atoms with Gasteiger partial charge in [0, 0.05) is 11.6 Å². The van der Waals surface area contributed by atoms with Gasteiger partial charge in [0.25, 0.3) is 0 Å². The number of rotatable bonds is 5. The third-order valence-corrected chi connectivity index (χ3v) is 5.83. The molecule has 0 spiro atoms. The average molecular weight is 405 g/mol. The van der Waals surface area contributed by atoms with Gasteiger partial charge in [0.15, 0.2) is 5.13 Å². The minimum atomic E-state index is -0.314. The lowest BCUT2D eigenvalue weighted by Gasteiger charge is -2.23. The summed E-state index contributed by atoms with van der Waals surface area (Å²) in [5.74, 6) is -0.396. The van der Waals surface area contributed by atoms with Crippen molar-refractivity contribution in [1.82, 2.24) is 4.98 Å². The monoisotopic (exact) mass is 404 g/mol. The fraction of sp³-hybridized carbons (Fsp3) is 0.300. The van der Waals surface area contributed by atoms with Crippen LogP contribution in [-0.4, -0.2) is 30.1 Å². The van der Waals surface area contributed by atoms with Gasteiger partial charge < -0.3 is 4.74 Å². The van der Waals surface area contributed by atoms with Crippen molar-refractivity contribution in [3.63, 3.8) is 0 Å². The van der Waals surface area contributed by atoms with Gasteiger partial charge in [-0.05, 0) is 48.7 Å². The maximum atomic E-state index is 13.1. The van der Waals surface area contributed by atoms with Crippen molar-refractivity contribution in [3.8, 4) is 0 Å². The summed E-state index contributed by atoms with van der Waals surface area (Å²) >= 11 is 7.51. The number of hydrogen-bond acceptors (Lipinski definition) is 4. The first-order valence-corrected chi connectivity index (χ1v) is 10.0. The molecule has 0 radical (unpaired) electrons. The second-order valence-corrected chi connectivity index (χ2v) is 8.00. The van der Waals surface area contributed by atoms with Crippen molar-refractivity contribution in [2.75, 3.05) is 18.1 Å². The summed E-state index contributed by atoms with van der Waals surface area (Å²) < 4.78 is 19.8. The number of ether oxygens (including phenoxy) is 1. The first kappa shape index (κ1) is 18.3. The molecular formula is C20H18ClFN2O2S. The van der Waals surface area contributed by atoms with Gasteiger partial charge in [-0.25, -0.2) is 9.37 Å². The number of thiazole rings is 1. The predicted octanol–water partition coefficient (Wildman–Crippen LogP) is 4.84. The van der Waals surface area contributed by atoms with Gasteiger partial charge in [0.1, 0.15) is 5.82 Å². The molecule has 1 fully saturated rings. The number of amides is 1. The standard InChI is InChI=1S/C20H18ClFN2O2S/c21-14-5-8-17-18(11-14)27-20(23-17)24(12-16-2-1-9-26-16)19(25)10-13-3-6-15(22)7-4-13/h3-8,11,16H,1-2,9-10,12H2. The first-order valence-electron chi connectivity index (χ1n) is 8.81. The zero-order chi connectivity index (χ0) is 18.8. The van der Waals surface area contributed by atoms with Crippen molar-refractivity contribution in [1.29, 1.82) is 0 Å². The van der Waals surface area contributed by atoms with Crippen molar-refractivity contribution in [2.24, 2.45) is 0 Å². The third-order valence-electron chi connectivity index (χ3n) is 4.55. The molecule has 4 nitrogen and oxygen atoms in total. The zero-order valence-electron chi connectivity index (χ0n) is 14.5. The van der Waals surface area contributed by atoms with Gasteiger partial charge >= 0.3 is 0 Å². The van der Waals surface area contributed by atoms with E-state index in [1.165, 1.54) is 23.5 Å². The van der Waals surface area contributed by atoms with Gasteiger partial charge in [0.2, 0.25) is 5.91 Å². The predicted molar refractivity (Wildman–Crippen MR) is 106 cm³/mol. The molecule has 140 valence electrons. The number of anilines is 1. The molecule has 2 aromatic carbocycles. The van der Waals surface area contributed by atoms with Gasteiger partial charge in [0.05, 0.1) is 29.3 Å². The molecule has 1 unspecified atom stereocenters. The van der Waals surface area contributed by atoms with Crippen LogP contribution in [0.2, 0.25) is 5.02 Å². The Morgan fingerprint density at radius 1 is 1.30 bits per heavy atom. The Morgan fingerprint density at radius 3 is 2.85 bits per heavy atom. The molecule has 1 aliphatic rings. The highest BCUT2D eigenvalue weighted by Crippen LogP contribution is 2.32. The van der Waals surface area contributed by atoms with E-state index in [0.29, 0.717) is 16.7 Å². The molecule has 0 aliphatic carbocycles. The number of halogens is 2. The highest BCUT2D eigenvalue weighted by Gasteiger charge is 2.26. The molecule has 0 N–H and O–H groups in total. The van der Waals surface area contributed by atoms with E-state index in [9.17, 15) is 9.18 Å². The SMILES string of the molecule is O=C(Cc1ccc(F)cc1)N(CC1CCCO1)c1nc2ccc(Cl)cc2s1. The van der Waals surface area contributed by atoms with E-state index in [2.05, 4.69) is 4.98 Å². The molecule has 1 saturated heterocycles. The number of carbonyl (C=O) groups excluding carboxylic acids is 1. The minimum Gasteiger partial charge on any atom is -0.376 e. The van der Waals surface area contributed by atoms with Gasteiger partial charge in [-0.2, -0.15) is 0 Å². The van der Waals surface area contributed by atoms with Crippen molar-refractivity contribution in [3.05, 3.63) is 58.9 Å². The fourth-order valence-electron chi connectivity index (χ4n) is 3.15. The molecule has 2 heterocycles. The molecule has 27 heavy (non-hydrogen) atoms. The van der Waals surface area contributed by atoms with E-state index in [-0.39, 0.29) is 24.2 Å².